The van der Waals surface area contributed by atoms with Crippen molar-refractivity contribution in [2.75, 3.05) is 11.9 Å². The standard InChI is InChI=1S/C21H20N6O3/c1-14-12-16(4-3-7-22)13-15(2)19(14)30-18-5-8-23-20(26-18)24-9-11-27-10-6-17(28)25-21(27)29/h3-6,8,10,12-13H,9,11H2,1-2H3,(H,23,24,26)(H,25,28,29)/b4-3+. The maximum Gasteiger partial charge on any atom is 0.328 e. The molecule has 2 aromatic heterocycles. The number of nitrogens with one attached hydrogen (secondary N) is 2. The molecule has 0 radical (unpaired) electrons. The highest BCUT2D eigenvalue weighted by Crippen LogP contribution is 2.29. The van der Waals surface area contributed by atoms with Gasteiger partial charge in [0, 0.05) is 43.7 Å². The monoisotopic (exact) mass is 404 g/mol. The van der Waals surface area contributed by atoms with Crippen LogP contribution < -0.4 is 21.3 Å². The summed E-state index contributed by atoms with van der Waals surface area (Å²) >= 11 is 0. The highest BCUT2D eigenvalue weighted by Gasteiger charge is 2.09. The Morgan fingerprint density at radius 1 is 1.27 bits per heavy atom. The molecule has 3 rings (SSSR count). The van der Waals surface area contributed by atoms with Gasteiger partial charge in [-0.05, 0) is 48.7 Å². The fraction of sp³-hybridized carbons (Fsp3) is 0.190. The third-order valence-electron chi connectivity index (χ3n) is 4.20. The van der Waals surface area contributed by atoms with Crippen LogP contribution in [-0.4, -0.2) is 26.1 Å². The summed E-state index contributed by atoms with van der Waals surface area (Å²) in [5.41, 5.74) is 1.84. The van der Waals surface area contributed by atoms with Crippen molar-refractivity contribution in [1.29, 1.82) is 5.26 Å². The zero-order valence-corrected chi connectivity index (χ0v) is 16.5. The second-order valence-electron chi connectivity index (χ2n) is 6.50. The SMILES string of the molecule is Cc1cc(/C=C/C#N)cc(C)c1Oc1ccnc(NCCn2ccc(=O)[nH]c2=O)n1. The number of aryl methyl sites for hydroxylation is 2. The van der Waals surface area contributed by atoms with E-state index in [9.17, 15) is 9.59 Å². The summed E-state index contributed by atoms with van der Waals surface area (Å²) in [4.78, 5) is 33.5. The van der Waals surface area contributed by atoms with Crippen LogP contribution in [0.15, 0.2) is 52.3 Å². The molecular formula is C21H20N6O3. The summed E-state index contributed by atoms with van der Waals surface area (Å²) in [6.07, 6.45) is 6.18. The van der Waals surface area contributed by atoms with Gasteiger partial charge < -0.3 is 10.1 Å². The van der Waals surface area contributed by atoms with Crippen molar-refractivity contribution in [1.82, 2.24) is 19.5 Å². The topological polar surface area (TPSA) is 126 Å². The first-order valence-electron chi connectivity index (χ1n) is 9.18. The van der Waals surface area contributed by atoms with Crippen molar-refractivity contribution < 1.29 is 4.74 Å². The summed E-state index contributed by atoms with van der Waals surface area (Å²) in [5, 5.41) is 11.7. The lowest BCUT2D eigenvalue weighted by Crippen LogP contribution is -2.30. The number of nitrogens with zero attached hydrogens (tertiary/aromatic N) is 4. The summed E-state index contributed by atoms with van der Waals surface area (Å²) < 4.78 is 7.34. The first-order chi connectivity index (χ1) is 14.5. The Hall–Kier alpha value is -4.19. The zero-order valence-electron chi connectivity index (χ0n) is 16.5. The molecule has 0 spiro atoms. The molecular weight excluding hydrogens is 384 g/mol. The van der Waals surface area contributed by atoms with Gasteiger partial charge >= 0.3 is 5.69 Å². The molecule has 0 aliphatic heterocycles. The quantitative estimate of drug-likeness (QED) is 0.579. The minimum atomic E-state index is -0.471. The van der Waals surface area contributed by atoms with E-state index in [0.717, 1.165) is 16.7 Å². The van der Waals surface area contributed by atoms with E-state index in [2.05, 4.69) is 20.3 Å². The molecule has 0 saturated heterocycles. The van der Waals surface area contributed by atoms with Gasteiger partial charge in [0.15, 0.2) is 0 Å². The maximum atomic E-state index is 11.7. The highest BCUT2D eigenvalue weighted by molar-refractivity contribution is 5.58. The van der Waals surface area contributed by atoms with Crippen molar-refractivity contribution in [3.63, 3.8) is 0 Å². The van der Waals surface area contributed by atoms with E-state index in [1.54, 1.807) is 18.3 Å². The molecule has 2 N–H and O–H groups in total. The lowest BCUT2D eigenvalue weighted by molar-refractivity contribution is 0.455. The minimum absolute atomic E-state index is 0.333. The van der Waals surface area contributed by atoms with Crippen molar-refractivity contribution >= 4 is 12.0 Å². The van der Waals surface area contributed by atoms with Crippen LogP contribution in [0.2, 0.25) is 0 Å². The summed E-state index contributed by atoms with van der Waals surface area (Å²) in [6, 6.07) is 8.78. The lowest BCUT2D eigenvalue weighted by Gasteiger charge is -2.13. The summed E-state index contributed by atoms with van der Waals surface area (Å²) in [5.74, 6) is 1.42. The van der Waals surface area contributed by atoms with Gasteiger partial charge in [-0.3, -0.25) is 14.3 Å². The van der Waals surface area contributed by atoms with Gasteiger partial charge in [0.25, 0.3) is 5.56 Å². The number of aromatic nitrogens is 4. The number of allylic oxidation sites excluding steroid dienone is 1. The van der Waals surface area contributed by atoms with Crippen LogP contribution in [0.3, 0.4) is 0 Å². The Labute approximate surface area is 172 Å². The molecule has 1 aromatic carbocycles. The second kappa shape index (κ2) is 9.34. The average molecular weight is 404 g/mol. The lowest BCUT2D eigenvalue weighted by atomic mass is 10.1. The molecule has 0 aliphatic rings. The number of rotatable bonds is 7. The van der Waals surface area contributed by atoms with Gasteiger partial charge in [0.1, 0.15) is 5.75 Å². The van der Waals surface area contributed by atoms with Crippen LogP contribution >= 0.6 is 0 Å². The van der Waals surface area contributed by atoms with Crippen LogP contribution in [0.1, 0.15) is 16.7 Å². The summed E-state index contributed by atoms with van der Waals surface area (Å²) in [6.45, 7) is 4.57. The predicted molar refractivity (Wildman–Crippen MR) is 112 cm³/mol. The van der Waals surface area contributed by atoms with Crippen LogP contribution in [0, 0.1) is 25.2 Å². The second-order valence-corrected chi connectivity index (χ2v) is 6.50. The molecule has 0 fully saturated rings. The van der Waals surface area contributed by atoms with Gasteiger partial charge in [-0.25, -0.2) is 9.78 Å². The third-order valence-corrected chi connectivity index (χ3v) is 4.20. The van der Waals surface area contributed by atoms with E-state index in [0.29, 0.717) is 30.7 Å². The van der Waals surface area contributed by atoms with Crippen molar-refractivity contribution in [3.8, 4) is 17.7 Å². The maximum absolute atomic E-state index is 11.7. The Bertz CT molecular complexity index is 1210. The van der Waals surface area contributed by atoms with E-state index in [1.165, 1.54) is 22.9 Å². The van der Waals surface area contributed by atoms with E-state index in [1.807, 2.05) is 32.0 Å². The number of benzene rings is 1. The predicted octanol–water partition coefficient (Wildman–Crippen LogP) is 2.38. The molecule has 3 aromatic rings. The largest absolute Gasteiger partial charge is 0.438 e. The Morgan fingerprint density at radius 2 is 2.03 bits per heavy atom. The number of H-pyrrole nitrogens is 1. The first kappa shape index (κ1) is 20.5. The fourth-order valence-corrected chi connectivity index (χ4v) is 2.87. The molecule has 9 nitrogen and oxygen atoms in total. The molecule has 0 amide bonds. The van der Waals surface area contributed by atoms with E-state index in [-0.39, 0.29) is 0 Å². The Morgan fingerprint density at radius 3 is 2.73 bits per heavy atom. The number of nitriles is 1. The fourth-order valence-electron chi connectivity index (χ4n) is 2.87. The van der Waals surface area contributed by atoms with Crippen LogP contribution in [0.5, 0.6) is 11.6 Å². The third kappa shape index (κ3) is 5.20. The Balaban J connectivity index is 1.68. The van der Waals surface area contributed by atoms with Gasteiger partial charge in [-0.15, -0.1) is 0 Å². The number of ether oxygens (including phenoxy) is 1. The van der Waals surface area contributed by atoms with Crippen LogP contribution in [0.25, 0.3) is 6.08 Å². The molecule has 30 heavy (non-hydrogen) atoms. The van der Waals surface area contributed by atoms with Gasteiger partial charge in [0.2, 0.25) is 11.8 Å². The Kier molecular flexibility index (Phi) is 6.39. The molecule has 152 valence electrons. The van der Waals surface area contributed by atoms with Crippen molar-refractivity contribution in [2.45, 2.75) is 20.4 Å². The molecule has 9 heteroatoms. The number of anilines is 1. The van der Waals surface area contributed by atoms with Crippen LogP contribution in [0.4, 0.5) is 5.95 Å². The smallest absolute Gasteiger partial charge is 0.328 e. The van der Waals surface area contributed by atoms with E-state index < -0.39 is 11.2 Å². The van der Waals surface area contributed by atoms with E-state index in [4.69, 9.17) is 10.00 Å². The minimum Gasteiger partial charge on any atom is -0.438 e. The first-order valence-corrected chi connectivity index (χ1v) is 9.18. The normalized spacial score (nSPS) is 10.7. The van der Waals surface area contributed by atoms with E-state index >= 15 is 0 Å². The molecule has 0 aliphatic carbocycles. The van der Waals surface area contributed by atoms with Gasteiger partial charge in [0.05, 0.1) is 6.07 Å². The average Bonchev–Trinajstić information content (AvgIpc) is 2.71. The van der Waals surface area contributed by atoms with Crippen LogP contribution in [-0.2, 0) is 6.54 Å². The highest BCUT2D eigenvalue weighted by atomic mass is 16.5. The molecule has 0 atom stereocenters. The number of aromatic amines is 1. The van der Waals surface area contributed by atoms with Crippen molar-refractivity contribution in [2.24, 2.45) is 0 Å². The molecule has 0 bridgehead atoms. The van der Waals surface area contributed by atoms with Crippen molar-refractivity contribution in [3.05, 3.63) is 80.3 Å². The molecule has 2 heterocycles. The van der Waals surface area contributed by atoms with Gasteiger partial charge in [-0.1, -0.05) is 0 Å². The number of hydrogen-bond acceptors (Lipinski definition) is 7. The molecule has 0 unspecified atom stereocenters. The summed E-state index contributed by atoms with van der Waals surface area (Å²) in [7, 11) is 0. The van der Waals surface area contributed by atoms with Gasteiger partial charge in [-0.2, -0.15) is 10.2 Å². The molecule has 0 saturated carbocycles. The number of hydrogen-bond donors (Lipinski definition) is 2. The zero-order chi connectivity index (χ0) is 21.5.